The van der Waals surface area contributed by atoms with Crippen LogP contribution in [0.2, 0.25) is 0 Å². The van der Waals surface area contributed by atoms with E-state index in [0.717, 1.165) is 17.7 Å². The van der Waals surface area contributed by atoms with Crippen LogP contribution < -0.4 is 5.32 Å². The minimum Gasteiger partial charge on any atom is -0.309 e. The molecule has 1 aliphatic heterocycles. The van der Waals surface area contributed by atoms with Crippen molar-refractivity contribution in [3.05, 3.63) is 16.3 Å². The van der Waals surface area contributed by atoms with Crippen molar-refractivity contribution in [2.75, 3.05) is 13.1 Å². The summed E-state index contributed by atoms with van der Waals surface area (Å²) in [6.07, 6.45) is 4.38. The van der Waals surface area contributed by atoms with Crippen LogP contribution in [0.3, 0.4) is 0 Å². The van der Waals surface area contributed by atoms with E-state index in [1.54, 1.807) is 21.7 Å². The first-order valence-electron chi connectivity index (χ1n) is 7.37. The molecule has 1 saturated carbocycles. The highest BCUT2D eigenvalue weighted by Crippen LogP contribution is 2.29. The summed E-state index contributed by atoms with van der Waals surface area (Å²) < 4.78 is 27.1. The molecular weight excluding hydrogens is 292 g/mol. The van der Waals surface area contributed by atoms with E-state index in [1.807, 2.05) is 5.38 Å². The van der Waals surface area contributed by atoms with E-state index in [0.29, 0.717) is 36.5 Å². The molecule has 1 aromatic rings. The van der Waals surface area contributed by atoms with Gasteiger partial charge in [0.2, 0.25) is 10.0 Å². The average molecular weight is 314 g/mol. The lowest BCUT2D eigenvalue weighted by Gasteiger charge is -2.29. The standard InChI is InChI=1S/C14H22N2O2S2/c1-11-4-7-16(8-5-11)20(17,18)14-6-9-19-13(14)10-15-12-2-3-12/h6,9,11-12,15H,2-5,7-8,10H2,1H3. The van der Waals surface area contributed by atoms with Crippen molar-refractivity contribution in [1.82, 2.24) is 9.62 Å². The zero-order valence-corrected chi connectivity index (χ0v) is 13.5. The molecule has 2 fully saturated rings. The van der Waals surface area contributed by atoms with Gasteiger partial charge in [0.25, 0.3) is 0 Å². The Bertz CT molecular complexity index is 555. The molecule has 0 atom stereocenters. The van der Waals surface area contributed by atoms with Gasteiger partial charge in [0.1, 0.15) is 0 Å². The molecule has 4 nitrogen and oxygen atoms in total. The van der Waals surface area contributed by atoms with Crippen molar-refractivity contribution in [3.63, 3.8) is 0 Å². The van der Waals surface area contributed by atoms with Gasteiger partial charge < -0.3 is 5.32 Å². The molecule has 1 N–H and O–H groups in total. The first kappa shape index (κ1) is 14.5. The molecule has 0 amide bonds. The fraction of sp³-hybridized carbons (Fsp3) is 0.714. The second-order valence-electron chi connectivity index (χ2n) is 5.95. The van der Waals surface area contributed by atoms with E-state index in [9.17, 15) is 8.42 Å². The molecule has 0 unspecified atom stereocenters. The highest BCUT2D eigenvalue weighted by Gasteiger charge is 2.31. The molecule has 20 heavy (non-hydrogen) atoms. The van der Waals surface area contributed by atoms with E-state index >= 15 is 0 Å². The van der Waals surface area contributed by atoms with Crippen LogP contribution in [0.5, 0.6) is 0 Å². The maximum absolute atomic E-state index is 12.7. The van der Waals surface area contributed by atoms with Crippen molar-refractivity contribution in [2.24, 2.45) is 5.92 Å². The van der Waals surface area contributed by atoms with E-state index in [1.165, 1.54) is 12.8 Å². The lowest BCUT2D eigenvalue weighted by Crippen LogP contribution is -2.38. The van der Waals surface area contributed by atoms with Gasteiger partial charge in [-0.1, -0.05) is 6.92 Å². The third-order valence-corrected chi connectivity index (χ3v) is 7.23. The summed E-state index contributed by atoms with van der Waals surface area (Å²) in [7, 11) is -3.30. The lowest BCUT2D eigenvalue weighted by molar-refractivity contribution is 0.288. The summed E-state index contributed by atoms with van der Waals surface area (Å²) in [5.41, 5.74) is 0. The van der Waals surface area contributed by atoms with E-state index in [-0.39, 0.29) is 0 Å². The molecule has 0 aromatic carbocycles. The molecule has 0 spiro atoms. The van der Waals surface area contributed by atoms with E-state index in [2.05, 4.69) is 12.2 Å². The van der Waals surface area contributed by atoms with Gasteiger partial charge in [-0.2, -0.15) is 4.31 Å². The van der Waals surface area contributed by atoms with Gasteiger partial charge in [-0.15, -0.1) is 11.3 Å². The van der Waals surface area contributed by atoms with E-state index < -0.39 is 10.0 Å². The number of hydrogen-bond donors (Lipinski definition) is 1. The Hall–Kier alpha value is -0.430. The van der Waals surface area contributed by atoms with Crippen molar-refractivity contribution < 1.29 is 8.42 Å². The van der Waals surface area contributed by atoms with Crippen LogP contribution in [-0.4, -0.2) is 31.9 Å². The SMILES string of the molecule is CC1CCN(S(=O)(=O)c2ccsc2CNC2CC2)CC1. The van der Waals surface area contributed by atoms with Crippen molar-refractivity contribution in [3.8, 4) is 0 Å². The van der Waals surface area contributed by atoms with Crippen LogP contribution in [0, 0.1) is 5.92 Å². The Morgan fingerprint density at radius 1 is 1.30 bits per heavy atom. The number of nitrogens with one attached hydrogen (secondary N) is 1. The predicted molar refractivity (Wildman–Crippen MR) is 81.3 cm³/mol. The van der Waals surface area contributed by atoms with Crippen LogP contribution in [0.1, 0.15) is 37.5 Å². The van der Waals surface area contributed by atoms with Crippen molar-refractivity contribution in [1.29, 1.82) is 0 Å². The molecule has 6 heteroatoms. The zero-order valence-electron chi connectivity index (χ0n) is 11.8. The largest absolute Gasteiger partial charge is 0.309 e. The van der Waals surface area contributed by atoms with Crippen LogP contribution in [-0.2, 0) is 16.6 Å². The third kappa shape index (κ3) is 3.08. The Morgan fingerprint density at radius 3 is 2.65 bits per heavy atom. The summed E-state index contributed by atoms with van der Waals surface area (Å²) in [4.78, 5) is 1.47. The van der Waals surface area contributed by atoms with Gasteiger partial charge in [0, 0.05) is 30.6 Å². The Balaban J connectivity index is 1.74. The Labute approximate surface area is 125 Å². The topological polar surface area (TPSA) is 49.4 Å². The molecular formula is C14H22N2O2S2. The fourth-order valence-electron chi connectivity index (χ4n) is 2.58. The maximum atomic E-state index is 12.7. The first-order valence-corrected chi connectivity index (χ1v) is 9.69. The number of rotatable bonds is 5. The van der Waals surface area contributed by atoms with Crippen LogP contribution in [0.4, 0.5) is 0 Å². The Kier molecular flexibility index (Phi) is 4.17. The zero-order chi connectivity index (χ0) is 14.2. The molecule has 2 aliphatic rings. The average Bonchev–Trinajstić information content (AvgIpc) is 3.13. The second-order valence-corrected chi connectivity index (χ2v) is 8.86. The van der Waals surface area contributed by atoms with Gasteiger partial charge in [-0.3, -0.25) is 0 Å². The maximum Gasteiger partial charge on any atom is 0.244 e. The van der Waals surface area contributed by atoms with Gasteiger partial charge in [0.15, 0.2) is 0 Å². The van der Waals surface area contributed by atoms with Crippen LogP contribution >= 0.6 is 11.3 Å². The van der Waals surface area contributed by atoms with Crippen molar-refractivity contribution >= 4 is 21.4 Å². The molecule has 3 rings (SSSR count). The summed E-state index contributed by atoms with van der Waals surface area (Å²) in [5, 5.41) is 5.30. The predicted octanol–water partition coefficient (Wildman–Crippen LogP) is 2.42. The lowest BCUT2D eigenvalue weighted by atomic mass is 10.0. The van der Waals surface area contributed by atoms with Gasteiger partial charge >= 0.3 is 0 Å². The van der Waals surface area contributed by atoms with Gasteiger partial charge in [-0.05, 0) is 43.0 Å². The van der Waals surface area contributed by atoms with Crippen LogP contribution in [0.25, 0.3) is 0 Å². The highest BCUT2D eigenvalue weighted by atomic mass is 32.2. The van der Waals surface area contributed by atoms with Crippen LogP contribution in [0.15, 0.2) is 16.3 Å². The van der Waals surface area contributed by atoms with Gasteiger partial charge in [-0.25, -0.2) is 8.42 Å². The molecule has 1 aliphatic carbocycles. The summed E-state index contributed by atoms with van der Waals surface area (Å²) in [6, 6.07) is 2.37. The van der Waals surface area contributed by atoms with Crippen molar-refractivity contribution in [2.45, 2.75) is 50.1 Å². The van der Waals surface area contributed by atoms with E-state index in [4.69, 9.17) is 0 Å². The summed E-state index contributed by atoms with van der Waals surface area (Å²) in [6.45, 7) is 4.20. The molecule has 112 valence electrons. The highest BCUT2D eigenvalue weighted by molar-refractivity contribution is 7.89. The molecule has 1 aromatic heterocycles. The number of sulfonamides is 1. The molecule has 1 saturated heterocycles. The number of piperidine rings is 1. The van der Waals surface area contributed by atoms with Gasteiger partial charge in [0.05, 0.1) is 4.90 Å². The summed E-state index contributed by atoms with van der Waals surface area (Å²) >= 11 is 1.54. The second kappa shape index (κ2) is 5.75. The molecule has 0 radical (unpaired) electrons. The quantitative estimate of drug-likeness (QED) is 0.908. The monoisotopic (exact) mass is 314 g/mol. The Morgan fingerprint density at radius 2 is 2.00 bits per heavy atom. The third-order valence-electron chi connectivity index (χ3n) is 4.19. The number of nitrogens with zero attached hydrogens (tertiary/aromatic N) is 1. The first-order chi connectivity index (χ1) is 9.57. The summed E-state index contributed by atoms with van der Waals surface area (Å²) in [5.74, 6) is 0.639. The fourth-order valence-corrected chi connectivity index (χ4v) is 5.41. The number of thiophene rings is 1. The minimum atomic E-state index is -3.30. The normalized spacial score (nSPS) is 22.2. The molecule has 2 heterocycles. The minimum absolute atomic E-state index is 0.519. The molecule has 0 bridgehead atoms. The number of hydrogen-bond acceptors (Lipinski definition) is 4. The smallest absolute Gasteiger partial charge is 0.244 e.